The summed E-state index contributed by atoms with van der Waals surface area (Å²) in [7, 11) is 0. The number of hydrogen-bond donors (Lipinski definition) is 0. The molecule has 3 rings (SSSR count). The van der Waals surface area contributed by atoms with E-state index in [1.165, 1.54) is 38.5 Å². The molecule has 2 heteroatoms. The molecule has 2 unspecified atom stereocenters. The van der Waals surface area contributed by atoms with Gasteiger partial charge in [-0.25, -0.2) is 9.48 Å². The third-order valence-corrected chi connectivity index (χ3v) is 4.28. The lowest BCUT2D eigenvalue weighted by Crippen LogP contribution is -2.55. The number of allylic oxidation sites excluding steroid dienone is 2. The van der Waals surface area contributed by atoms with Gasteiger partial charge in [-0.2, -0.15) is 0 Å². The van der Waals surface area contributed by atoms with Crippen LogP contribution in [0.5, 0.6) is 0 Å². The van der Waals surface area contributed by atoms with Crippen molar-refractivity contribution in [2.45, 2.75) is 50.6 Å². The molecule has 3 aliphatic rings. The molecule has 0 aromatic carbocycles. The first-order valence-electron chi connectivity index (χ1n) is 6.85. The molecule has 0 saturated heterocycles. The molecule has 90 valence electrons. The fraction of sp³-hybridized carbons (Fsp3) is 0.533. The molecular weight excluding hydrogens is 208 g/mol. The molecule has 2 nitrogen and oxygen atoms in total. The number of aliphatic imine (C=N–C) groups is 1. The Morgan fingerprint density at radius 3 is 2.00 bits per heavy atom. The topological polar surface area (TPSA) is 12.4 Å². The van der Waals surface area contributed by atoms with E-state index in [1.807, 2.05) is 6.20 Å². The van der Waals surface area contributed by atoms with Gasteiger partial charge in [-0.3, -0.25) is 0 Å². The van der Waals surface area contributed by atoms with E-state index in [2.05, 4.69) is 41.8 Å². The first-order valence-corrected chi connectivity index (χ1v) is 6.85. The average Bonchev–Trinajstić information content (AvgIpc) is 2.91. The van der Waals surface area contributed by atoms with Crippen LogP contribution in [-0.2, 0) is 0 Å². The summed E-state index contributed by atoms with van der Waals surface area (Å²) in [5, 5.41) is 0. The van der Waals surface area contributed by atoms with Crippen molar-refractivity contribution in [2.24, 2.45) is 4.99 Å². The van der Waals surface area contributed by atoms with Crippen molar-refractivity contribution in [1.82, 2.24) is 0 Å². The van der Waals surface area contributed by atoms with E-state index < -0.39 is 0 Å². The molecule has 0 fully saturated rings. The van der Waals surface area contributed by atoms with Crippen LogP contribution in [0, 0.1) is 0 Å². The van der Waals surface area contributed by atoms with Gasteiger partial charge in [-0.05, 0) is 37.8 Å². The van der Waals surface area contributed by atoms with Gasteiger partial charge in [0.15, 0.2) is 6.34 Å². The summed E-state index contributed by atoms with van der Waals surface area (Å²) in [6.07, 6.45) is 23.7. The van der Waals surface area contributed by atoms with Gasteiger partial charge in [-0.1, -0.05) is 12.2 Å². The van der Waals surface area contributed by atoms with Crippen molar-refractivity contribution < 1.29 is 4.48 Å². The minimum absolute atomic E-state index is 0.596. The Morgan fingerprint density at radius 2 is 1.59 bits per heavy atom. The quantitative estimate of drug-likeness (QED) is 0.507. The van der Waals surface area contributed by atoms with Crippen molar-refractivity contribution in [2.75, 3.05) is 0 Å². The van der Waals surface area contributed by atoms with Crippen LogP contribution >= 0.6 is 0 Å². The molecule has 0 aromatic heterocycles. The Hall–Kier alpha value is -1.15. The molecule has 0 spiro atoms. The molecule has 1 heterocycles. The van der Waals surface area contributed by atoms with Crippen molar-refractivity contribution in [3.8, 4) is 0 Å². The van der Waals surface area contributed by atoms with Gasteiger partial charge >= 0.3 is 0 Å². The molecule has 2 aliphatic carbocycles. The molecule has 17 heavy (non-hydrogen) atoms. The molecule has 0 saturated carbocycles. The molecule has 0 radical (unpaired) electrons. The lowest BCUT2D eigenvalue weighted by Gasteiger charge is -2.41. The summed E-state index contributed by atoms with van der Waals surface area (Å²) < 4.78 is 0.938. The SMILES string of the molecule is C1=CC([N+]2(C3C=CCCC3)C=CN=C2)CCC1. The predicted molar refractivity (Wildman–Crippen MR) is 71.5 cm³/mol. The Labute approximate surface area is 104 Å². The van der Waals surface area contributed by atoms with Crippen LogP contribution in [-0.4, -0.2) is 22.9 Å². The Morgan fingerprint density at radius 1 is 0.941 bits per heavy atom. The summed E-state index contributed by atoms with van der Waals surface area (Å²) >= 11 is 0. The summed E-state index contributed by atoms with van der Waals surface area (Å²) in [6.45, 7) is 0. The van der Waals surface area contributed by atoms with Crippen LogP contribution in [0.15, 0.2) is 41.7 Å². The third kappa shape index (κ3) is 1.91. The number of nitrogens with zero attached hydrogens (tertiary/aromatic N) is 2. The Bertz CT molecular complexity index is 352. The summed E-state index contributed by atoms with van der Waals surface area (Å²) in [6, 6.07) is 1.19. The molecule has 2 atom stereocenters. The van der Waals surface area contributed by atoms with Crippen LogP contribution in [0.1, 0.15) is 38.5 Å². The van der Waals surface area contributed by atoms with Gasteiger partial charge < -0.3 is 0 Å². The third-order valence-electron chi connectivity index (χ3n) is 4.28. The molecule has 0 aromatic rings. The first kappa shape index (κ1) is 11.0. The van der Waals surface area contributed by atoms with Gasteiger partial charge in [0.05, 0.1) is 6.20 Å². The van der Waals surface area contributed by atoms with E-state index in [1.54, 1.807) is 0 Å². The van der Waals surface area contributed by atoms with Crippen LogP contribution in [0.3, 0.4) is 0 Å². The second-order valence-corrected chi connectivity index (χ2v) is 5.31. The second-order valence-electron chi connectivity index (χ2n) is 5.31. The predicted octanol–water partition coefficient (Wildman–Crippen LogP) is 3.53. The zero-order valence-corrected chi connectivity index (χ0v) is 10.3. The normalized spacial score (nSPS) is 40.0. The highest BCUT2D eigenvalue weighted by Gasteiger charge is 2.41. The summed E-state index contributed by atoms with van der Waals surface area (Å²) in [4.78, 5) is 4.39. The van der Waals surface area contributed by atoms with E-state index >= 15 is 0 Å². The van der Waals surface area contributed by atoms with Crippen molar-refractivity contribution >= 4 is 6.34 Å². The maximum atomic E-state index is 4.39. The zero-order chi connectivity index (χ0) is 11.6. The van der Waals surface area contributed by atoms with Crippen LogP contribution < -0.4 is 0 Å². The zero-order valence-electron chi connectivity index (χ0n) is 10.3. The van der Waals surface area contributed by atoms with Crippen LogP contribution in [0.4, 0.5) is 0 Å². The smallest absolute Gasteiger partial charge is 0.195 e. The highest BCUT2D eigenvalue weighted by atomic mass is 15.4. The Balaban J connectivity index is 1.92. The molecule has 0 bridgehead atoms. The highest BCUT2D eigenvalue weighted by molar-refractivity contribution is 5.52. The van der Waals surface area contributed by atoms with E-state index in [0.29, 0.717) is 12.1 Å². The molecule has 0 amide bonds. The maximum Gasteiger partial charge on any atom is 0.195 e. The summed E-state index contributed by atoms with van der Waals surface area (Å²) in [5.74, 6) is 0. The number of hydrogen-bond acceptors (Lipinski definition) is 1. The Kier molecular flexibility index (Phi) is 2.98. The minimum atomic E-state index is 0.596. The minimum Gasteiger partial charge on any atom is -0.242 e. The molecule has 0 N–H and O–H groups in total. The monoisotopic (exact) mass is 229 g/mol. The van der Waals surface area contributed by atoms with Gasteiger partial charge in [-0.15, -0.1) is 0 Å². The van der Waals surface area contributed by atoms with Gasteiger partial charge in [0.25, 0.3) is 0 Å². The standard InChI is InChI=1S/C15H21N2/c1-3-7-14(8-4-1)17(12-11-16-13-17)15-9-5-2-6-10-15/h3,5,7,9,11-15H,1-2,4,6,8,10H2/q+1. The lowest BCUT2D eigenvalue weighted by molar-refractivity contribution is -0.821. The van der Waals surface area contributed by atoms with Crippen LogP contribution in [0.25, 0.3) is 0 Å². The fourth-order valence-electron chi connectivity index (χ4n) is 3.32. The number of rotatable bonds is 2. The van der Waals surface area contributed by atoms with E-state index in [-0.39, 0.29) is 0 Å². The first-order chi connectivity index (χ1) is 8.42. The summed E-state index contributed by atoms with van der Waals surface area (Å²) in [5.41, 5.74) is 0. The van der Waals surface area contributed by atoms with E-state index in [0.717, 1.165) is 4.48 Å². The van der Waals surface area contributed by atoms with Crippen molar-refractivity contribution in [3.05, 3.63) is 36.7 Å². The average molecular weight is 229 g/mol. The second kappa shape index (κ2) is 4.61. The van der Waals surface area contributed by atoms with E-state index in [9.17, 15) is 0 Å². The molecule has 1 aliphatic heterocycles. The highest BCUT2D eigenvalue weighted by Crippen LogP contribution is 2.33. The van der Waals surface area contributed by atoms with Crippen LogP contribution in [0.2, 0.25) is 0 Å². The van der Waals surface area contributed by atoms with Gasteiger partial charge in [0.1, 0.15) is 18.3 Å². The number of quaternary nitrogens is 1. The van der Waals surface area contributed by atoms with Crippen molar-refractivity contribution in [3.63, 3.8) is 0 Å². The lowest BCUT2D eigenvalue weighted by atomic mass is 9.93. The largest absolute Gasteiger partial charge is 0.242 e. The molecular formula is C15H21N2+. The van der Waals surface area contributed by atoms with Gasteiger partial charge in [0.2, 0.25) is 0 Å². The van der Waals surface area contributed by atoms with Gasteiger partial charge in [0, 0.05) is 12.8 Å². The van der Waals surface area contributed by atoms with Crippen molar-refractivity contribution in [1.29, 1.82) is 0 Å². The fourth-order valence-corrected chi connectivity index (χ4v) is 3.32. The maximum absolute atomic E-state index is 4.39. The van der Waals surface area contributed by atoms with E-state index in [4.69, 9.17) is 0 Å².